The van der Waals surface area contributed by atoms with E-state index in [0.29, 0.717) is 5.69 Å². The Kier molecular flexibility index (Phi) is 4.57. The average Bonchev–Trinajstić information content (AvgIpc) is 2.38. The largest absolute Gasteiger partial charge is 0.496 e. The molecule has 21 heavy (non-hydrogen) atoms. The van der Waals surface area contributed by atoms with E-state index < -0.39 is 5.97 Å². The van der Waals surface area contributed by atoms with Crippen LogP contribution in [-0.2, 0) is 0 Å². The lowest BCUT2D eigenvalue weighted by atomic mass is 9.92. The highest BCUT2D eigenvalue weighted by molar-refractivity contribution is 6.34. The SMILES string of the molecule is COc1cc(NC(=O)N(C)C2CCC2)c(Cl)cc1C(=O)O. The normalized spacial score (nSPS) is 14.2. The van der Waals surface area contributed by atoms with E-state index in [9.17, 15) is 9.59 Å². The van der Waals surface area contributed by atoms with Crippen LogP contribution in [0.25, 0.3) is 0 Å². The fourth-order valence-electron chi connectivity index (χ4n) is 2.13. The zero-order chi connectivity index (χ0) is 15.6. The molecule has 1 aliphatic carbocycles. The van der Waals surface area contributed by atoms with Gasteiger partial charge in [0.15, 0.2) is 0 Å². The maximum atomic E-state index is 12.1. The van der Waals surface area contributed by atoms with Gasteiger partial charge in [-0.2, -0.15) is 0 Å². The molecule has 0 radical (unpaired) electrons. The first-order chi connectivity index (χ1) is 9.93. The van der Waals surface area contributed by atoms with Crippen LogP contribution in [0.5, 0.6) is 5.75 Å². The smallest absolute Gasteiger partial charge is 0.339 e. The van der Waals surface area contributed by atoms with Gasteiger partial charge in [-0.15, -0.1) is 0 Å². The second-order valence-corrected chi connectivity index (χ2v) is 5.37. The zero-order valence-corrected chi connectivity index (χ0v) is 12.6. The predicted molar refractivity (Wildman–Crippen MR) is 79.4 cm³/mol. The molecule has 0 aliphatic heterocycles. The van der Waals surface area contributed by atoms with Gasteiger partial charge in [-0.25, -0.2) is 9.59 Å². The van der Waals surface area contributed by atoms with Crippen LogP contribution in [-0.4, -0.2) is 42.2 Å². The molecular weight excluding hydrogens is 296 g/mol. The van der Waals surface area contributed by atoms with Crippen molar-refractivity contribution in [3.05, 3.63) is 22.7 Å². The summed E-state index contributed by atoms with van der Waals surface area (Å²) < 4.78 is 5.02. The van der Waals surface area contributed by atoms with Crippen LogP contribution in [0.2, 0.25) is 5.02 Å². The van der Waals surface area contributed by atoms with Crippen LogP contribution >= 0.6 is 11.6 Å². The number of aromatic carboxylic acids is 1. The number of hydrogen-bond donors (Lipinski definition) is 2. The molecule has 0 saturated heterocycles. The molecule has 2 rings (SSSR count). The molecule has 1 aromatic carbocycles. The van der Waals surface area contributed by atoms with Crippen molar-refractivity contribution in [1.29, 1.82) is 0 Å². The average molecular weight is 313 g/mol. The summed E-state index contributed by atoms with van der Waals surface area (Å²) in [5.41, 5.74) is 0.280. The second-order valence-electron chi connectivity index (χ2n) is 4.96. The number of carboxylic acid groups (broad SMARTS) is 1. The van der Waals surface area contributed by atoms with Gasteiger partial charge < -0.3 is 20.1 Å². The predicted octanol–water partition coefficient (Wildman–Crippen LogP) is 3.06. The number of amides is 2. The molecule has 2 amide bonds. The summed E-state index contributed by atoms with van der Waals surface area (Å²) in [4.78, 5) is 24.8. The Morgan fingerprint density at radius 1 is 1.43 bits per heavy atom. The van der Waals surface area contributed by atoms with E-state index in [2.05, 4.69) is 5.32 Å². The Morgan fingerprint density at radius 3 is 2.57 bits per heavy atom. The maximum absolute atomic E-state index is 12.1. The van der Waals surface area contributed by atoms with Crippen molar-refractivity contribution in [2.75, 3.05) is 19.5 Å². The highest BCUT2D eigenvalue weighted by Gasteiger charge is 2.26. The van der Waals surface area contributed by atoms with Crippen LogP contribution in [0.3, 0.4) is 0 Å². The molecule has 114 valence electrons. The lowest BCUT2D eigenvalue weighted by molar-refractivity contribution is 0.0693. The number of anilines is 1. The number of urea groups is 1. The fraction of sp³-hybridized carbons (Fsp3) is 0.429. The Morgan fingerprint density at radius 2 is 2.10 bits per heavy atom. The Bertz CT molecular complexity index is 572. The number of carbonyl (C=O) groups is 2. The van der Waals surface area contributed by atoms with Crippen LogP contribution < -0.4 is 10.1 Å². The standard InChI is InChI=1S/C14H17ClN2O4/c1-17(8-4-3-5-8)14(20)16-11-7-12(21-2)9(13(18)19)6-10(11)15/h6-8H,3-5H2,1-2H3,(H,16,20)(H,18,19). The van der Waals surface area contributed by atoms with Gasteiger partial charge in [0.25, 0.3) is 0 Å². The number of rotatable bonds is 4. The number of carbonyl (C=O) groups excluding carboxylic acids is 1. The molecule has 1 aromatic rings. The third-order valence-electron chi connectivity index (χ3n) is 3.70. The Labute approximate surface area is 127 Å². The summed E-state index contributed by atoms with van der Waals surface area (Å²) >= 11 is 6.03. The number of halogens is 1. The van der Waals surface area contributed by atoms with Crippen LogP contribution in [0.1, 0.15) is 29.6 Å². The van der Waals surface area contributed by atoms with E-state index >= 15 is 0 Å². The number of hydrogen-bond acceptors (Lipinski definition) is 3. The zero-order valence-electron chi connectivity index (χ0n) is 11.9. The molecule has 0 spiro atoms. The van der Waals surface area contributed by atoms with Crippen molar-refractivity contribution in [1.82, 2.24) is 4.90 Å². The van der Waals surface area contributed by atoms with Gasteiger partial charge in [-0.3, -0.25) is 0 Å². The Hall–Kier alpha value is -1.95. The van der Waals surface area contributed by atoms with Crippen molar-refractivity contribution in [2.24, 2.45) is 0 Å². The Balaban J connectivity index is 2.19. The molecule has 0 bridgehead atoms. The van der Waals surface area contributed by atoms with E-state index in [0.717, 1.165) is 19.3 Å². The van der Waals surface area contributed by atoms with Gasteiger partial charge >= 0.3 is 12.0 Å². The molecule has 0 unspecified atom stereocenters. The third kappa shape index (κ3) is 3.21. The lowest BCUT2D eigenvalue weighted by Crippen LogP contribution is -2.43. The van der Waals surface area contributed by atoms with E-state index in [1.165, 1.54) is 19.2 Å². The third-order valence-corrected chi connectivity index (χ3v) is 4.02. The van der Waals surface area contributed by atoms with Crippen molar-refractivity contribution >= 4 is 29.3 Å². The lowest BCUT2D eigenvalue weighted by Gasteiger charge is -2.34. The minimum absolute atomic E-state index is 0.0483. The highest BCUT2D eigenvalue weighted by atomic mass is 35.5. The van der Waals surface area contributed by atoms with Crippen molar-refractivity contribution in [3.63, 3.8) is 0 Å². The van der Waals surface area contributed by atoms with Crippen LogP contribution in [0.15, 0.2) is 12.1 Å². The van der Waals surface area contributed by atoms with Gasteiger partial charge in [0, 0.05) is 19.2 Å². The number of carboxylic acids is 1. The van der Waals surface area contributed by atoms with Crippen molar-refractivity contribution in [3.8, 4) is 5.75 Å². The molecule has 0 aromatic heterocycles. The van der Waals surface area contributed by atoms with E-state index in [4.69, 9.17) is 21.4 Å². The monoisotopic (exact) mass is 312 g/mol. The number of benzene rings is 1. The summed E-state index contributed by atoms with van der Waals surface area (Å²) in [7, 11) is 3.09. The van der Waals surface area contributed by atoms with Crippen LogP contribution in [0, 0.1) is 0 Å². The van der Waals surface area contributed by atoms with E-state index in [1.54, 1.807) is 11.9 Å². The summed E-state index contributed by atoms with van der Waals surface area (Å²) in [5.74, 6) is -0.994. The highest BCUT2D eigenvalue weighted by Crippen LogP contribution is 2.32. The molecular formula is C14H17ClN2O4. The first kappa shape index (κ1) is 15.4. The second kappa shape index (κ2) is 6.22. The van der Waals surface area contributed by atoms with Gasteiger partial charge in [-0.05, 0) is 25.3 Å². The summed E-state index contributed by atoms with van der Waals surface area (Å²) in [6, 6.07) is 2.66. The first-order valence-corrected chi connectivity index (χ1v) is 6.96. The maximum Gasteiger partial charge on any atom is 0.339 e. The summed E-state index contributed by atoms with van der Waals surface area (Å²) in [6.45, 7) is 0. The number of methoxy groups -OCH3 is 1. The molecule has 2 N–H and O–H groups in total. The number of nitrogens with zero attached hydrogens (tertiary/aromatic N) is 1. The quantitative estimate of drug-likeness (QED) is 0.895. The molecule has 7 heteroatoms. The van der Waals surface area contributed by atoms with Gasteiger partial charge in [0.05, 0.1) is 17.8 Å². The fourth-order valence-corrected chi connectivity index (χ4v) is 2.34. The summed E-state index contributed by atoms with van der Waals surface area (Å²) in [6.07, 6.45) is 3.13. The summed E-state index contributed by atoms with van der Waals surface area (Å²) in [5, 5.41) is 11.9. The molecule has 1 fully saturated rings. The molecule has 1 aliphatic rings. The van der Waals surface area contributed by atoms with Crippen molar-refractivity contribution < 1.29 is 19.4 Å². The van der Waals surface area contributed by atoms with Gasteiger partial charge in [0.1, 0.15) is 11.3 Å². The van der Waals surface area contributed by atoms with Crippen LogP contribution in [0.4, 0.5) is 10.5 Å². The topological polar surface area (TPSA) is 78.9 Å². The molecule has 1 saturated carbocycles. The minimum Gasteiger partial charge on any atom is -0.496 e. The number of ether oxygens (including phenoxy) is 1. The van der Waals surface area contributed by atoms with Gasteiger partial charge in [0.2, 0.25) is 0 Å². The molecule has 6 nitrogen and oxygen atoms in total. The minimum atomic E-state index is -1.14. The number of nitrogens with one attached hydrogen (secondary N) is 1. The van der Waals surface area contributed by atoms with Gasteiger partial charge in [-0.1, -0.05) is 11.6 Å². The first-order valence-electron chi connectivity index (χ1n) is 6.58. The molecule has 0 heterocycles. The van der Waals surface area contributed by atoms with E-state index in [1.807, 2.05) is 0 Å². The van der Waals surface area contributed by atoms with Crippen molar-refractivity contribution in [2.45, 2.75) is 25.3 Å². The molecule has 0 atom stereocenters. The van der Waals surface area contributed by atoms with E-state index in [-0.39, 0.29) is 28.4 Å².